The second kappa shape index (κ2) is 7.59. The lowest BCUT2D eigenvalue weighted by Crippen LogP contribution is -2.30. The van der Waals surface area contributed by atoms with E-state index in [9.17, 15) is 19.3 Å². The third kappa shape index (κ3) is 4.43. The van der Waals surface area contributed by atoms with Crippen LogP contribution in [0.5, 0.6) is 5.75 Å². The molecule has 0 fully saturated rings. The number of nitrogens with one attached hydrogen (secondary N) is 1. The van der Waals surface area contributed by atoms with Gasteiger partial charge in [-0.25, -0.2) is 0 Å². The number of hydrogen-bond acceptors (Lipinski definition) is 5. The van der Waals surface area contributed by atoms with E-state index in [1.807, 2.05) is 6.07 Å². The Kier molecular flexibility index (Phi) is 5.52. The third-order valence-corrected chi connectivity index (χ3v) is 3.44. The molecule has 0 aliphatic carbocycles. The maximum Gasteiger partial charge on any atom is 0.306 e. The molecule has 0 heterocycles. The molecule has 7 nitrogen and oxygen atoms in total. The summed E-state index contributed by atoms with van der Waals surface area (Å²) >= 11 is 5.97. The van der Waals surface area contributed by atoms with Crippen molar-refractivity contribution in [1.82, 2.24) is 0 Å². The Hall–Kier alpha value is -3.18. The van der Waals surface area contributed by atoms with E-state index in [0.717, 1.165) is 12.1 Å². The lowest BCUT2D eigenvalue weighted by atomic mass is 10.2. The molecule has 0 aromatic heterocycles. The van der Waals surface area contributed by atoms with Crippen molar-refractivity contribution < 1.29 is 18.8 Å². The van der Waals surface area contributed by atoms with Gasteiger partial charge in [0.1, 0.15) is 5.75 Å². The standard InChI is InChI=1S/C16H11ClFN3O4/c1-9(25-15-5-2-10(8-19)6-12(15)17)16(22)20-11-3-4-13(18)14(7-11)21(23)24/h2-7,9H,1H3,(H,20,22)/t9-/m1/s1. The zero-order valence-electron chi connectivity index (χ0n) is 12.8. The van der Waals surface area contributed by atoms with Gasteiger partial charge in [-0.15, -0.1) is 0 Å². The molecule has 2 aromatic rings. The minimum absolute atomic E-state index is 0.0551. The average molecular weight is 364 g/mol. The van der Waals surface area contributed by atoms with Crippen molar-refractivity contribution in [3.8, 4) is 11.8 Å². The molecule has 9 heteroatoms. The van der Waals surface area contributed by atoms with E-state index >= 15 is 0 Å². The summed E-state index contributed by atoms with van der Waals surface area (Å²) in [6, 6.07) is 9.24. The fourth-order valence-corrected chi connectivity index (χ4v) is 2.11. The minimum atomic E-state index is -1.00. The molecule has 0 aliphatic heterocycles. The van der Waals surface area contributed by atoms with Gasteiger partial charge < -0.3 is 10.1 Å². The zero-order chi connectivity index (χ0) is 18.6. The van der Waals surface area contributed by atoms with E-state index in [4.69, 9.17) is 21.6 Å². The van der Waals surface area contributed by atoms with Gasteiger partial charge in [0.25, 0.3) is 5.91 Å². The molecule has 0 aliphatic rings. The molecule has 2 aromatic carbocycles. The van der Waals surface area contributed by atoms with Gasteiger partial charge in [-0.05, 0) is 37.3 Å². The molecule has 0 bridgehead atoms. The van der Waals surface area contributed by atoms with Crippen molar-refractivity contribution in [2.45, 2.75) is 13.0 Å². The average Bonchev–Trinajstić information content (AvgIpc) is 2.57. The van der Waals surface area contributed by atoms with Gasteiger partial charge >= 0.3 is 5.69 Å². The van der Waals surface area contributed by atoms with Crippen molar-refractivity contribution >= 4 is 28.9 Å². The number of nitro benzene ring substituents is 1. The highest BCUT2D eigenvalue weighted by atomic mass is 35.5. The molecule has 0 saturated carbocycles. The molecule has 128 valence electrons. The molecule has 0 saturated heterocycles. The first-order valence-electron chi connectivity index (χ1n) is 6.93. The van der Waals surface area contributed by atoms with E-state index in [1.54, 1.807) is 0 Å². The van der Waals surface area contributed by atoms with E-state index in [-0.39, 0.29) is 16.5 Å². The molecule has 2 rings (SSSR count). The summed E-state index contributed by atoms with van der Waals surface area (Å²) in [5.41, 5.74) is -0.353. The molecular weight excluding hydrogens is 353 g/mol. The maximum absolute atomic E-state index is 13.3. The minimum Gasteiger partial charge on any atom is -0.479 e. The van der Waals surface area contributed by atoms with Crippen LogP contribution in [0.15, 0.2) is 36.4 Å². The Balaban J connectivity index is 2.09. The zero-order valence-corrected chi connectivity index (χ0v) is 13.6. The van der Waals surface area contributed by atoms with Crippen LogP contribution in [0, 0.1) is 27.3 Å². The summed E-state index contributed by atoms with van der Waals surface area (Å²) in [5, 5.41) is 22.1. The highest BCUT2D eigenvalue weighted by Crippen LogP contribution is 2.27. The molecule has 0 unspecified atom stereocenters. The summed E-state index contributed by atoms with van der Waals surface area (Å²) in [6.07, 6.45) is -0.991. The first-order chi connectivity index (χ1) is 11.8. The van der Waals surface area contributed by atoms with E-state index in [2.05, 4.69) is 5.32 Å². The summed E-state index contributed by atoms with van der Waals surface area (Å²) in [4.78, 5) is 21.9. The largest absolute Gasteiger partial charge is 0.479 e. The molecule has 1 N–H and O–H groups in total. The molecule has 25 heavy (non-hydrogen) atoms. The number of nitriles is 1. The Morgan fingerprint density at radius 2 is 2.12 bits per heavy atom. The van der Waals surface area contributed by atoms with Gasteiger partial charge in [0.05, 0.1) is 21.6 Å². The Labute approximate surface area is 146 Å². The number of ether oxygens (including phenoxy) is 1. The number of benzene rings is 2. The second-order valence-corrected chi connectivity index (χ2v) is 5.34. The van der Waals surface area contributed by atoms with Gasteiger partial charge in [0.15, 0.2) is 6.10 Å². The second-order valence-electron chi connectivity index (χ2n) is 4.93. The van der Waals surface area contributed by atoms with Crippen molar-refractivity contribution in [3.63, 3.8) is 0 Å². The highest BCUT2D eigenvalue weighted by molar-refractivity contribution is 6.32. The van der Waals surface area contributed by atoms with Crippen molar-refractivity contribution in [1.29, 1.82) is 5.26 Å². The number of carbonyl (C=O) groups excluding carboxylic acids is 1. The lowest BCUT2D eigenvalue weighted by Gasteiger charge is -2.15. The predicted molar refractivity (Wildman–Crippen MR) is 87.9 cm³/mol. The van der Waals surface area contributed by atoms with Crippen LogP contribution >= 0.6 is 11.6 Å². The number of nitro groups is 1. The van der Waals surface area contributed by atoms with Crippen LogP contribution in [0.2, 0.25) is 5.02 Å². The van der Waals surface area contributed by atoms with E-state index in [0.29, 0.717) is 5.56 Å². The van der Waals surface area contributed by atoms with Gasteiger partial charge in [-0.3, -0.25) is 14.9 Å². The lowest BCUT2D eigenvalue weighted by molar-refractivity contribution is -0.387. The Morgan fingerprint density at radius 3 is 2.72 bits per heavy atom. The first kappa shape index (κ1) is 18.2. The fourth-order valence-electron chi connectivity index (χ4n) is 1.88. The van der Waals surface area contributed by atoms with Gasteiger partial charge in [0.2, 0.25) is 5.82 Å². The number of amides is 1. The predicted octanol–water partition coefficient (Wildman–Crippen LogP) is 3.66. The summed E-state index contributed by atoms with van der Waals surface area (Å²) in [6.45, 7) is 1.45. The smallest absolute Gasteiger partial charge is 0.306 e. The summed E-state index contributed by atoms with van der Waals surface area (Å²) < 4.78 is 18.7. The van der Waals surface area contributed by atoms with E-state index < -0.39 is 28.4 Å². The third-order valence-electron chi connectivity index (χ3n) is 3.14. The molecule has 0 spiro atoms. The number of halogens is 2. The molecule has 1 amide bonds. The van der Waals surface area contributed by atoms with Crippen molar-refractivity contribution in [3.05, 3.63) is 62.9 Å². The first-order valence-corrected chi connectivity index (χ1v) is 7.30. The van der Waals surface area contributed by atoms with Crippen LogP contribution < -0.4 is 10.1 Å². The summed E-state index contributed by atoms with van der Waals surface area (Å²) in [5.74, 6) is -1.41. The maximum atomic E-state index is 13.3. The summed E-state index contributed by atoms with van der Waals surface area (Å²) in [7, 11) is 0. The highest BCUT2D eigenvalue weighted by Gasteiger charge is 2.19. The fraction of sp³-hybridized carbons (Fsp3) is 0.125. The van der Waals surface area contributed by atoms with Crippen LogP contribution in [-0.2, 0) is 4.79 Å². The van der Waals surface area contributed by atoms with Crippen LogP contribution in [0.1, 0.15) is 12.5 Å². The molecular formula is C16H11ClFN3O4. The number of anilines is 1. The number of carbonyl (C=O) groups is 1. The number of rotatable bonds is 5. The number of nitrogens with zero attached hydrogens (tertiary/aromatic N) is 2. The topological polar surface area (TPSA) is 105 Å². The normalized spacial score (nSPS) is 11.3. The van der Waals surface area contributed by atoms with Crippen molar-refractivity contribution in [2.75, 3.05) is 5.32 Å². The Morgan fingerprint density at radius 1 is 1.40 bits per heavy atom. The van der Waals surface area contributed by atoms with E-state index in [1.165, 1.54) is 31.2 Å². The number of hydrogen-bond donors (Lipinski definition) is 1. The monoisotopic (exact) mass is 363 g/mol. The van der Waals surface area contributed by atoms with Crippen LogP contribution in [0.3, 0.4) is 0 Å². The van der Waals surface area contributed by atoms with Gasteiger partial charge in [0, 0.05) is 11.8 Å². The quantitative estimate of drug-likeness (QED) is 0.644. The molecule has 1 atom stereocenters. The SMILES string of the molecule is C[C@@H](Oc1ccc(C#N)cc1Cl)C(=O)Nc1ccc(F)c([N+](=O)[O-])c1. The van der Waals surface area contributed by atoms with Crippen molar-refractivity contribution in [2.24, 2.45) is 0 Å². The van der Waals surface area contributed by atoms with Gasteiger partial charge in [-0.1, -0.05) is 11.6 Å². The van der Waals surface area contributed by atoms with Crippen LogP contribution in [0.4, 0.5) is 15.8 Å². The van der Waals surface area contributed by atoms with Gasteiger partial charge in [-0.2, -0.15) is 9.65 Å². The van der Waals surface area contributed by atoms with Crippen LogP contribution in [0.25, 0.3) is 0 Å². The Bertz CT molecular complexity index is 882. The molecule has 0 radical (unpaired) electrons. The van der Waals surface area contributed by atoms with Crippen LogP contribution in [-0.4, -0.2) is 16.9 Å².